The first kappa shape index (κ1) is 13.1. The smallest absolute Gasteiger partial charge is 0.247 e. The van der Waals surface area contributed by atoms with Crippen molar-refractivity contribution in [2.45, 2.75) is 37.0 Å². The molecule has 2 fully saturated rings. The van der Waals surface area contributed by atoms with Crippen LogP contribution in [0.1, 0.15) is 19.3 Å². The Morgan fingerprint density at radius 2 is 2.53 bits per heavy atom. The Morgan fingerprint density at radius 3 is 3.18 bits per heavy atom. The minimum Gasteiger partial charge on any atom is -0.382 e. The molecule has 0 aromatic rings. The average molecular weight is 260 g/mol. The molecule has 0 aliphatic carbocycles. The van der Waals surface area contributed by atoms with E-state index in [4.69, 9.17) is 10.5 Å². The third-order valence-corrected chi connectivity index (χ3v) is 4.71. The van der Waals surface area contributed by atoms with Crippen molar-refractivity contribution >= 4 is 17.7 Å². The summed E-state index contributed by atoms with van der Waals surface area (Å²) >= 11 is 1.93. The molecule has 98 valence electrons. The van der Waals surface area contributed by atoms with E-state index in [1.165, 1.54) is 0 Å². The first-order valence-corrected chi connectivity index (χ1v) is 7.19. The maximum Gasteiger partial charge on any atom is 0.247 e. The molecule has 0 bridgehead atoms. The molecular weight excluding hydrogens is 240 g/mol. The number of primary amides is 1. The van der Waals surface area contributed by atoms with E-state index in [2.05, 4.69) is 5.32 Å². The largest absolute Gasteiger partial charge is 0.382 e. The van der Waals surface area contributed by atoms with Crippen LogP contribution in [0.2, 0.25) is 0 Å². The summed E-state index contributed by atoms with van der Waals surface area (Å²) in [5.41, 5.74) is 5.04. The van der Waals surface area contributed by atoms with Gasteiger partial charge in [0.2, 0.25) is 5.91 Å². The molecule has 2 rings (SSSR count). The number of carbonyl (C=O) groups is 1. The van der Waals surface area contributed by atoms with Gasteiger partial charge >= 0.3 is 0 Å². The van der Waals surface area contributed by atoms with E-state index in [1.807, 2.05) is 11.8 Å². The van der Waals surface area contributed by atoms with Crippen molar-refractivity contribution in [2.75, 3.05) is 24.7 Å². The second-order valence-electron chi connectivity index (χ2n) is 4.85. The molecule has 17 heavy (non-hydrogen) atoms. The van der Waals surface area contributed by atoms with Crippen LogP contribution in [0.15, 0.2) is 0 Å². The van der Waals surface area contributed by atoms with Crippen LogP contribution in [0.3, 0.4) is 0 Å². The van der Waals surface area contributed by atoms with Crippen LogP contribution in [-0.2, 0) is 9.53 Å². The van der Waals surface area contributed by atoms with Gasteiger partial charge in [-0.3, -0.25) is 4.79 Å². The minimum atomic E-state index is -1.09. The molecule has 3 unspecified atom stereocenters. The average Bonchev–Trinajstić information content (AvgIpc) is 2.74. The van der Waals surface area contributed by atoms with E-state index < -0.39 is 12.0 Å². The van der Waals surface area contributed by atoms with Crippen molar-refractivity contribution in [3.05, 3.63) is 0 Å². The lowest BCUT2D eigenvalue weighted by Crippen LogP contribution is -2.50. The number of amides is 1. The zero-order chi connectivity index (χ0) is 12.3. The molecule has 3 atom stereocenters. The lowest BCUT2D eigenvalue weighted by molar-refractivity contribution is -0.126. The number of rotatable bonds is 4. The predicted molar refractivity (Wildman–Crippen MR) is 66.9 cm³/mol. The van der Waals surface area contributed by atoms with E-state index in [9.17, 15) is 9.90 Å². The fraction of sp³-hybridized carbons (Fsp3) is 0.909. The first-order valence-electron chi connectivity index (χ1n) is 6.04. The number of carbonyl (C=O) groups excluding carboxylic acids is 1. The maximum atomic E-state index is 10.7. The van der Waals surface area contributed by atoms with Crippen molar-refractivity contribution in [1.29, 1.82) is 0 Å². The highest BCUT2D eigenvalue weighted by molar-refractivity contribution is 7.99. The van der Waals surface area contributed by atoms with Gasteiger partial charge in [0.15, 0.2) is 0 Å². The van der Waals surface area contributed by atoms with Gasteiger partial charge in [-0.2, -0.15) is 11.8 Å². The number of thioether (sulfide) groups is 1. The number of aliphatic hydroxyl groups is 1. The highest BCUT2D eigenvalue weighted by Gasteiger charge is 2.40. The van der Waals surface area contributed by atoms with E-state index in [0.717, 1.165) is 37.4 Å². The highest BCUT2D eigenvalue weighted by Crippen LogP contribution is 2.38. The van der Waals surface area contributed by atoms with Gasteiger partial charge < -0.3 is 20.9 Å². The Bertz CT molecular complexity index is 282. The first-order chi connectivity index (χ1) is 8.11. The molecule has 0 saturated carbocycles. The molecule has 1 spiro atoms. The summed E-state index contributed by atoms with van der Waals surface area (Å²) in [6.07, 6.45) is 1.91. The van der Waals surface area contributed by atoms with Crippen molar-refractivity contribution in [3.8, 4) is 0 Å². The van der Waals surface area contributed by atoms with Crippen LogP contribution >= 0.6 is 11.8 Å². The highest BCUT2D eigenvalue weighted by atomic mass is 32.2. The van der Waals surface area contributed by atoms with Crippen LogP contribution in [0.25, 0.3) is 0 Å². The summed E-state index contributed by atoms with van der Waals surface area (Å²) in [6, 6.07) is 0.316. The van der Waals surface area contributed by atoms with Gasteiger partial charge in [0.25, 0.3) is 0 Å². The van der Waals surface area contributed by atoms with Gasteiger partial charge in [-0.1, -0.05) is 0 Å². The lowest BCUT2D eigenvalue weighted by atomic mass is 9.90. The monoisotopic (exact) mass is 260 g/mol. The van der Waals surface area contributed by atoms with Gasteiger partial charge in [-0.15, -0.1) is 0 Å². The van der Waals surface area contributed by atoms with Gasteiger partial charge in [0.1, 0.15) is 6.10 Å². The quantitative estimate of drug-likeness (QED) is 0.633. The molecule has 0 aromatic heterocycles. The summed E-state index contributed by atoms with van der Waals surface area (Å²) in [5, 5.41) is 12.6. The van der Waals surface area contributed by atoms with E-state index in [-0.39, 0.29) is 12.1 Å². The third-order valence-electron chi connectivity index (χ3n) is 3.49. The maximum absolute atomic E-state index is 10.7. The predicted octanol–water partition coefficient (Wildman–Crippen LogP) is -0.523. The molecule has 2 saturated heterocycles. The van der Waals surface area contributed by atoms with E-state index >= 15 is 0 Å². The fourth-order valence-electron chi connectivity index (χ4n) is 2.44. The molecule has 6 heteroatoms. The SMILES string of the molecule is NC(=O)C(O)CNC1CCOC2(CCSC2)C1. The Labute approximate surface area is 105 Å². The zero-order valence-corrected chi connectivity index (χ0v) is 10.7. The minimum absolute atomic E-state index is 0.0261. The van der Waals surface area contributed by atoms with Crippen LogP contribution < -0.4 is 11.1 Å². The number of hydrogen-bond donors (Lipinski definition) is 3. The van der Waals surface area contributed by atoms with Crippen LogP contribution in [0.4, 0.5) is 0 Å². The lowest BCUT2D eigenvalue weighted by Gasteiger charge is -2.38. The number of hydrogen-bond acceptors (Lipinski definition) is 5. The molecular formula is C11H20N2O3S. The van der Waals surface area contributed by atoms with Gasteiger partial charge in [-0.25, -0.2) is 0 Å². The number of ether oxygens (including phenoxy) is 1. The molecule has 2 heterocycles. The van der Waals surface area contributed by atoms with Crippen molar-refractivity contribution < 1.29 is 14.6 Å². The second kappa shape index (κ2) is 5.56. The molecule has 0 radical (unpaired) electrons. The normalized spacial score (nSPS) is 35.0. The fourth-order valence-corrected chi connectivity index (χ4v) is 3.82. The van der Waals surface area contributed by atoms with Crippen molar-refractivity contribution in [3.63, 3.8) is 0 Å². The van der Waals surface area contributed by atoms with Crippen molar-refractivity contribution in [1.82, 2.24) is 5.32 Å². The Kier molecular flexibility index (Phi) is 4.30. The third kappa shape index (κ3) is 3.34. The van der Waals surface area contributed by atoms with E-state index in [0.29, 0.717) is 6.04 Å². The summed E-state index contributed by atoms with van der Waals surface area (Å²) in [7, 11) is 0. The Morgan fingerprint density at radius 1 is 1.71 bits per heavy atom. The molecule has 2 aliphatic rings. The Hall–Kier alpha value is -0.300. The van der Waals surface area contributed by atoms with Crippen LogP contribution in [0, 0.1) is 0 Å². The van der Waals surface area contributed by atoms with Gasteiger partial charge in [-0.05, 0) is 25.0 Å². The second-order valence-corrected chi connectivity index (χ2v) is 5.96. The number of nitrogens with two attached hydrogens (primary N) is 1. The van der Waals surface area contributed by atoms with Gasteiger partial charge in [0, 0.05) is 24.9 Å². The summed E-state index contributed by atoms with van der Waals surface area (Å²) in [6.45, 7) is 0.994. The number of aliphatic hydroxyl groups excluding tert-OH is 1. The summed E-state index contributed by atoms with van der Waals surface area (Å²) in [5.74, 6) is 1.55. The topological polar surface area (TPSA) is 84.6 Å². The number of nitrogens with one attached hydrogen (secondary N) is 1. The summed E-state index contributed by atoms with van der Waals surface area (Å²) in [4.78, 5) is 10.7. The zero-order valence-electron chi connectivity index (χ0n) is 9.85. The van der Waals surface area contributed by atoms with Crippen molar-refractivity contribution in [2.24, 2.45) is 5.73 Å². The summed E-state index contributed by atoms with van der Waals surface area (Å²) < 4.78 is 5.90. The van der Waals surface area contributed by atoms with Crippen LogP contribution in [0.5, 0.6) is 0 Å². The molecule has 2 aliphatic heterocycles. The standard InChI is InChI=1S/C11H20N2O3S/c12-10(15)9(14)6-13-8-1-3-16-11(5-8)2-4-17-7-11/h8-9,13-14H,1-7H2,(H2,12,15). The molecule has 1 amide bonds. The van der Waals surface area contributed by atoms with Crippen LogP contribution in [-0.4, -0.2) is 53.4 Å². The molecule has 5 nitrogen and oxygen atoms in total. The Balaban J connectivity index is 1.79. The molecule has 4 N–H and O–H groups in total. The van der Waals surface area contributed by atoms with E-state index in [1.54, 1.807) is 0 Å². The molecule has 0 aromatic carbocycles. The van der Waals surface area contributed by atoms with Gasteiger partial charge in [0.05, 0.1) is 5.60 Å².